The number of thiophene rings is 1. The van der Waals surface area contributed by atoms with Crippen LogP contribution in [0, 0.1) is 5.41 Å². The van der Waals surface area contributed by atoms with Gasteiger partial charge >= 0.3 is 0 Å². The molecule has 1 rings (SSSR count). The number of likely N-dealkylation sites (N-methyl/N-ethyl adjacent to an activating group) is 1. The van der Waals surface area contributed by atoms with Crippen LogP contribution in [0.15, 0.2) is 12.1 Å². The third-order valence-corrected chi connectivity index (χ3v) is 4.99. The van der Waals surface area contributed by atoms with Crippen LogP contribution in [-0.2, 0) is 0 Å². The van der Waals surface area contributed by atoms with Crippen molar-refractivity contribution in [3.05, 3.63) is 21.3 Å². The smallest absolute Gasteiger partial charge is 0.0931 e. The van der Waals surface area contributed by atoms with Gasteiger partial charge in [0.05, 0.1) is 10.4 Å². The van der Waals surface area contributed by atoms with Gasteiger partial charge in [-0.3, -0.25) is 4.90 Å². The standard InChI is InChI=1S/C14H25ClN2S/c1-9(16)13(11-7-8-12(15)18-11)17(6)10(2)14(3,4)5/h7-10,13H,16H2,1-6H3. The topological polar surface area (TPSA) is 29.3 Å². The lowest BCUT2D eigenvalue weighted by atomic mass is 9.86. The Morgan fingerprint density at radius 2 is 1.83 bits per heavy atom. The molecule has 1 aromatic rings. The number of nitrogens with zero attached hydrogens (tertiary/aromatic N) is 1. The first-order valence-electron chi connectivity index (χ1n) is 6.37. The van der Waals surface area contributed by atoms with Gasteiger partial charge in [-0.05, 0) is 38.4 Å². The highest BCUT2D eigenvalue weighted by atomic mass is 35.5. The van der Waals surface area contributed by atoms with Gasteiger partial charge in [0.15, 0.2) is 0 Å². The van der Waals surface area contributed by atoms with E-state index < -0.39 is 0 Å². The summed E-state index contributed by atoms with van der Waals surface area (Å²) in [6.45, 7) is 11.1. The van der Waals surface area contributed by atoms with Crippen LogP contribution in [0.2, 0.25) is 4.34 Å². The molecule has 0 aliphatic carbocycles. The molecule has 2 nitrogen and oxygen atoms in total. The third-order valence-electron chi connectivity index (χ3n) is 3.69. The van der Waals surface area contributed by atoms with Gasteiger partial charge in [-0.2, -0.15) is 0 Å². The van der Waals surface area contributed by atoms with Crippen LogP contribution in [0.25, 0.3) is 0 Å². The molecule has 0 bridgehead atoms. The average Bonchev–Trinajstić information content (AvgIpc) is 2.61. The Kier molecular flexibility index (Phi) is 5.24. The van der Waals surface area contributed by atoms with Crippen molar-refractivity contribution in [1.29, 1.82) is 0 Å². The summed E-state index contributed by atoms with van der Waals surface area (Å²) < 4.78 is 0.826. The van der Waals surface area contributed by atoms with Crippen molar-refractivity contribution in [2.24, 2.45) is 11.1 Å². The Hall–Kier alpha value is -0.0900. The Bertz CT molecular complexity index is 381. The van der Waals surface area contributed by atoms with Gasteiger partial charge in [0.25, 0.3) is 0 Å². The Morgan fingerprint density at radius 3 is 2.17 bits per heavy atom. The van der Waals surface area contributed by atoms with E-state index in [-0.39, 0.29) is 17.5 Å². The normalized spacial score (nSPS) is 17.8. The summed E-state index contributed by atoms with van der Waals surface area (Å²) in [5, 5.41) is 0. The minimum Gasteiger partial charge on any atom is -0.326 e. The maximum absolute atomic E-state index is 6.18. The highest BCUT2D eigenvalue weighted by Crippen LogP contribution is 2.35. The molecule has 4 heteroatoms. The first-order valence-corrected chi connectivity index (χ1v) is 7.56. The molecule has 0 aliphatic rings. The molecular formula is C14H25ClN2S. The lowest BCUT2D eigenvalue weighted by Gasteiger charge is -2.41. The van der Waals surface area contributed by atoms with Crippen LogP contribution >= 0.6 is 22.9 Å². The molecule has 1 aromatic heterocycles. The number of nitrogens with two attached hydrogens (primary N) is 1. The molecule has 0 amide bonds. The number of hydrogen-bond donors (Lipinski definition) is 1. The van der Waals surface area contributed by atoms with Gasteiger partial charge < -0.3 is 5.73 Å². The summed E-state index contributed by atoms with van der Waals surface area (Å²) in [4.78, 5) is 3.61. The Morgan fingerprint density at radius 1 is 1.28 bits per heavy atom. The lowest BCUT2D eigenvalue weighted by Crippen LogP contribution is -2.46. The van der Waals surface area contributed by atoms with Gasteiger partial charge in [-0.25, -0.2) is 0 Å². The molecule has 0 saturated heterocycles. The van der Waals surface area contributed by atoms with E-state index >= 15 is 0 Å². The van der Waals surface area contributed by atoms with E-state index in [0.717, 1.165) is 4.34 Å². The Labute approximate surface area is 120 Å². The van der Waals surface area contributed by atoms with E-state index in [9.17, 15) is 0 Å². The van der Waals surface area contributed by atoms with E-state index in [4.69, 9.17) is 17.3 Å². The molecule has 18 heavy (non-hydrogen) atoms. The molecule has 0 spiro atoms. The summed E-state index contributed by atoms with van der Waals surface area (Å²) in [6.07, 6.45) is 0. The summed E-state index contributed by atoms with van der Waals surface area (Å²) in [5.41, 5.74) is 6.41. The van der Waals surface area contributed by atoms with Crippen LogP contribution < -0.4 is 5.73 Å². The second-order valence-electron chi connectivity index (χ2n) is 6.15. The van der Waals surface area contributed by atoms with Crippen molar-refractivity contribution in [3.8, 4) is 0 Å². The molecular weight excluding hydrogens is 264 g/mol. The van der Waals surface area contributed by atoms with Crippen molar-refractivity contribution in [2.45, 2.75) is 52.7 Å². The molecule has 2 N–H and O–H groups in total. The van der Waals surface area contributed by atoms with Crippen LogP contribution in [0.3, 0.4) is 0 Å². The second kappa shape index (κ2) is 5.91. The fourth-order valence-corrected chi connectivity index (χ4v) is 3.50. The molecule has 3 unspecified atom stereocenters. The minimum absolute atomic E-state index is 0.0783. The highest BCUT2D eigenvalue weighted by Gasteiger charge is 2.31. The summed E-state index contributed by atoms with van der Waals surface area (Å²) in [5.74, 6) is 0. The zero-order valence-corrected chi connectivity index (χ0v) is 13.8. The summed E-state index contributed by atoms with van der Waals surface area (Å²) in [6, 6.07) is 4.78. The Balaban J connectivity index is 2.99. The molecule has 3 atom stereocenters. The molecule has 0 aliphatic heterocycles. The number of rotatable bonds is 4. The van der Waals surface area contributed by atoms with Crippen molar-refractivity contribution >= 4 is 22.9 Å². The quantitative estimate of drug-likeness (QED) is 0.901. The predicted octanol–water partition coefficient (Wildman–Crippen LogP) is 4.16. The van der Waals surface area contributed by atoms with E-state index in [1.807, 2.05) is 6.07 Å². The average molecular weight is 289 g/mol. The predicted molar refractivity (Wildman–Crippen MR) is 82.4 cm³/mol. The zero-order chi connectivity index (χ0) is 14.1. The molecule has 0 aromatic carbocycles. The van der Waals surface area contributed by atoms with E-state index in [1.165, 1.54) is 4.88 Å². The third kappa shape index (κ3) is 3.70. The van der Waals surface area contributed by atoms with Crippen molar-refractivity contribution in [3.63, 3.8) is 0 Å². The van der Waals surface area contributed by atoms with E-state index in [2.05, 4.69) is 52.6 Å². The van der Waals surface area contributed by atoms with E-state index in [0.29, 0.717) is 6.04 Å². The maximum atomic E-state index is 6.18. The fraction of sp³-hybridized carbons (Fsp3) is 0.714. The minimum atomic E-state index is 0.0783. The fourth-order valence-electron chi connectivity index (χ4n) is 2.17. The highest BCUT2D eigenvalue weighted by molar-refractivity contribution is 7.16. The first-order chi connectivity index (χ1) is 8.14. The number of hydrogen-bond acceptors (Lipinski definition) is 3. The van der Waals surface area contributed by atoms with Gasteiger partial charge in [-0.15, -0.1) is 11.3 Å². The monoisotopic (exact) mass is 288 g/mol. The first kappa shape index (κ1) is 16.0. The molecule has 1 heterocycles. The van der Waals surface area contributed by atoms with Crippen LogP contribution in [0.4, 0.5) is 0 Å². The van der Waals surface area contributed by atoms with Crippen molar-refractivity contribution in [2.75, 3.05) is 7.05 Å². The van der Waals surface area contributed by atoms with Gasteiger partial charge in [0.2, 0.25) is 0 Å². The van der Waals surface area contributed by atoms with Crippen molar-refractivity contribution < 1.29 is 0 Å². The molecule has 0 fully saturated rings. The largest absolute Gasteiger partial charge is 0.326 e. The summed E-state index contributed by atoms with van der Waals surface area (Å²) >= 11 is 7.67. The van der Waals surface area contributed by atoms with Gasteiger partial charge in [-0.1, -0.05) is 32.4 Å². The zero-order valence-electron chi connectivity index (χ0n) is 12.2. The van der Waals surface area contributed by atoms with Crippen molar-refractivity contribution in [1.82, 2.24) is 4.90 Å². The lowest BCUT2D eigenvalue weighted by molar-refractivity contribution is 0.0883. The van der Waals surface area contributed by atoms with Gasteiger partial charge in [0, 0.05) is 17.0 Å². The van der Waals surface area contributed by atoms with Gasteiger partial charge in [0.1, 0.15) is 0 Å². The second-order valence-corrected chi connectivity index (χ2v) is 7.90. The molecule has 0 saturated carbocycles. The van der Waals surface area contributed by atoms with Crippen LogP contribution in [0.5, 0.6) is 0 Å². The van der Waals surface area contributed by atoms with Crippen LogP contribution in [-0.4, -0.2) is 24.0 Å². The van der Waals surface area contributed by atoms with Crippen LogP contribution in [0.1, 0.15) is 45.5 Å². The molecule has 104 valence electrons. The summed E-state index contributed by atoms with van der Waals surface area (Å²) in [7, 11) is 2.15. The molecule has 0 radical (unpaired) electrons. The number of halogens is 1. The van der Waals surface area contributed by atoms with E-state index in [1.54, 1.807) is 11.3 Å². The maximum Gasteiger partial charge on any atom is 0.0931 e. The SMILES string of the molecule is CC(N)C(c1ccc(Cl)s1)N(C)C(C)C(C)(C)C.